The van der Waals surface area contributed by atoms with Gasteiger partial charge in [-0.1, -0.05) is 0 Å². The summed E-state index contributed by atoms with van der Waals surface area (Å²) in [4.78, 5) is 12.3. The van der Waals surface area contributed by atoms with Crippen LogP contribution in [0.3, 0.4) is 0 Å². The Kier molecular flexibility index (Phi) is 3.05. The Bertz CT molecular complexity index is 587. The van der Waals surface area contributed by atoms with Crippen molar-refractivity contribution in [3.8, 4) is 0 Å². The third-order valence-electron chi connectivity index (χ3n) is 3.43. The second kappa shape index (κ2) is 4.72. The van der Waals surface area contributed by atoms with Crippen LogP contribution in [0.5, 0.6) is 0 Å². The van der Waals surface area contributed by atoms with E-state index in [-0.39, 0.29) is 31.5 Å². The molecule has 8 nitrogen and oxygen atoms in total. The molecule has 1 fully saturated rings. The van der Waals surface area contributed by atoms with E-state index in [0.717, 1.165) is 0 Å². The van der Waals surface area contributed by atoms with Crippen molar-refractivity contribution in [2.45, 2.75) is 24.7 Å². The highest BCUT2D eigenvalue weighted by molar-refractivity contribution is 5.81. The predicted octanol–water partition coefficient (Wildman–Crippen LogP) is -0.908. The van der Waals surface area contributed by atoms with Gasteiger partial charge >= 0.3 is 0 Å². The van der Waals surface area contributed by atoms with Crippen molar-refractivity contribution in [3.63, 3.8) is 0 Å². The highest BCUT2D eigenvalue weighted by Gasteiger charge is 2.36. The number of ether oxygens (including phenoxy) is 1. The number of nitrogens with zero attached hydrogens (tertiary/aromatic N) is 4. The Morgan fingerprint density at radius 3 is 2.89 bits per heavy atom. The van der Waals surface area contributed by atoms with Crippen molar-refractivity contribution in [2.24, 2.45) is 0 Å². The molecule has 1 aliphatic rings. The number of nitrogen functional groups attached to an aromatic ring is 1. The van der Waals surface area contributed by atoms with Gasteiger partial charge in [0.25, 0.3) is 0 Å². The molecule has 19 heavy (non-hydrogen) atoms. The highest BCUT2D eigenvalue weighted by atomic mass is 16.5. The maximum absolute atomic E-state index is 9.38. The van der Waals surface area contributed by atoms with Crippen molar-refractivity contribution in [3.05, 3.63) is 12.7 Å². The Hall–Kier alpha value is -1.77. The molecule has 0 saturated carbocycles. The largest absolute Gasteiger partial charge is 0.394 e. The van der Waals surface area contributed by atoms with E-state index >= 15 is 0 Å². The van der Waals surface area contributed by atoms with E-state index in [1.54, 1.807) is 6.33 Å². The molecular formula is C11H15N5O3. The fourth-order valence-electron chi connectivity index (χ4n) is 2.50. The van der Waals surface area contributed by atoms with Crippen molar-refractivity contribution in [1.82, 2.24) is 19.5 Å². The molecule has 3 atom stereocenters. The Morgan fingerprint density at radius 1 is 1.32 bits per heavy atom. The third kappa shape index (κ3) is 1.93. The van der Waals surface area contributed by atoms with Crippen LogP contribution < -0.4 is 5.73 Å². The van der Waals surface area contributed by atoms with E-state index < -0.39 is 0 Å². The quantitative estimate of drug-likeness (QED) is 0.657. The van der Waals surface area contributed by atoms with E-state index in [2.05, 4.69) is 15.0 Å². The fourth-order valence-corrected chi connectivity index (χ4v) is 2.50. The second-order valence-corrected chi connectivity index (χ2v) is 4.55. The van der Waals surface area contributed by atoms with Gasteiger partial charge in [0, 0.05) is 0 Å². The van der Waals surface area contributed by atoms with Gasteiger partial charge in [0.2, 0.25) is 0 Å². The van der Waals surface area contributed by atoms with Crippen LogP contribution >= 0.6 is 0 Å². The van der Waals surface area contributed by atoms with Crippen LogP contribution in [0.25, 0.3) is 11.2 Å². The minimum Gasteiger partial charge on any atom is -0.394 e. The molecule has 3 heterocycles. The number of imidazole rings is 1. The molecule has 0 aromatic carbocycles. The summed E-state index contributed by atoms with van der Waals surface area (Å²) in [6.45, 7) is -0.196. The first-order chi connectivity index (χ1) is 9.24. The number of aromatic nitrogens is 4. The molecule has 0 spiro atoms. The van der Waals surface area contributed by atoms with E-state index in [4.69, 9.17) is 10.5 Å². The summed E-state index contributed by atoms with van der Waals surface area (Å²) in [6, 6.07) is -0.124. The maximum atomic E-state index is 9.38. The number of anilines is 1. The number of hydrogen-bond acceptors (Lipinski definition) is 7. The lowest BCUT2D eigenvalue weighted by Crippen LogP contribution is -2.23. The van der Waals surface area contributed by atoms with E-state index in [9.17, 15) is 10.2 Å². The minimum absolute atomic E-state index is 0.0727. The second-order valence-electron chi connectivity index (χ2n) is 4.55. The van der Waals surface area contributed by atoms with Crippen LogP contribution in [0.1, 0.15) is 12.5 Å². The third-order valence-corrected chi connectivity index (χ3v) is 3.43. The molecule has 0 aliphatic carbocycles. The van der Waals surface area contributed by atoms with Gasteiger partial charge in [0.15, 0.2) is 11.5 Å². The first-order valence-electron chi connectivity index (χ1n) is 6.04. The molecule has 4 N–H and O–H groups in total. The van der Waals surface area contributed by atoms with Gasteiger partial charge in [-0.3, -0.25) is 0 Å². The predicted molar refractivity (Wildman–Crippen MR) is 66.2 cm³/mol. The number of aliphatic hydroxyl groups is 2. The maximum Gasteiger partial charge on any atom is 0.165 e. The van der Waals surface area contributed by atoms with Crippen LogP contribution in [-0.4, -0.2) is 55.2 Å². The normalized spacial score (nSPS) is 27.2. The summed E-state index contributed by atoms with van der Waals surface area (Å²) in [5.74, 6) is 0.321. The molecule has 3 rings (SSSR count). The van der Waals surface area contributed by atoms with Crippen molar-refractivity contribution in [1.29, 1.82) is 0 Å². The van der Waals surface area contributed by atoms with Gasteiger partial charge in [-0.25, -0.2) is 15.0 Å². The van der Waals surface area contributed by atoms with Gasteiger partial charge in [-0.05, 0) is 6.42 Å². The van der Waals surface area contributed by atoms with Crippen molar-refractivity contribution < 1.29 is 14.9 Å². The molecule has 1 aliphatic heterocycles. The molecule has 102 valence electrons. The minimum atomic E-state index is -0.384. The van der Waals surface area contributed by atoms with Crippen molar-refractivity contribution in [2.75, 3.05) is 18.9 Å². The lowest BCUT2D eigenvalue weighted by molar-refractivity contribution is -0.0190. The topological polar surface area (TPSA) is 119 Å². The number of rotatable bonds is 3. The Labute approximate surface area is 108 Å². The zero-order chi connectivity index (χ0) is 13.4. The lowest BCUT2D eigenvalue weighted by atomic mass is 10.1. The average Bonchev–Trinajstić information content (AvgIpc) is 3.02. The first kappa shape index (κ1) is 12.3. The highest BCUT2D eigenvalue weighted by Crippen LogP contribution is 2.32. The van der Waals surface area contributed by atoms with E-state index in [1.807, 2.05) is 4.57 Å². The molecule has 2 aromatic heterocycles. The van der Waals surface area contributed by atoms with Gasteiger partial charge < -0.3 is 25.3 Å². The Morgan fingerprint density at radius 2 is 2.16 bits per heavy atom. The van der Waals surface area contributed by atoms with Crippen LogP contribution in [0, 0.1) is 0 Å². The number of hydrogen-bond donors (Lipinski definition) is 3. The zero-order valence-corrected chi connectivity index (χ0v) is 10.2. The summed E-state index contributed by atoms with van der Waals surface area (Å²) in [7, 11) is 0. The molecule has 0 radical (unpaired) electrons. The molecule has 1 saturated heterocycles. The number of aliphatic hydroxyl groups excluding tert-OH is 2. The lowest BCUT2D eigenvalue weighted by Gasteiger charge is -2.17. The van der Waals surface area contributed by atoms with Gasteiger partial charge in [-0.2, -0.15) is 0 Å². The van der Waals surface area contributed by atoms with Crippen LogP contribution in [0.2, 0.25) is 0 Å². The molecular weight excluding hydrogens is 250 g/mol. The van der Waals surface area contributed by atoms with E-state index in [1.165, 1.54) is 6.33 Å². The van der Waals surface area contributed by atoms with Gasteiger partial charge in [0.05, 0.1) is 31.7 Å². The summed E-state index contributed by atoms with van der Waals surface area (Å²) in [5, 5.41) is 18.6. The van der Waals surface area contributed by atoms with Crippen LogP contribution in [0.15, 0.2) is 12.7 Å². The first-order valence-corrected chi connectivity index (χ1v) is 6.04. The van der Waals surface area contributed by atoms with Gasteiger partial charge in [0.1, 0.15) is 17.9 Å². The molecule has 8 heteroatoms. The van der Waals surface area contributed by atoms with Crippen molar-refractivity contribution >= 4 is 17.0 Å². The molecule has 2 aromatic rings. The Balaban J connectivity index is 2.02. The standard InChI is InChI=1S/C11H15N5O3/c12-10-9-11(14-4-13-10)16(5-15-9)7-1-6(2-17)19-8(7)3-18/h4-8,17-18H,1-3H2,(H2,12,13,14)/t6-,7-,8+/m1/s1. The monoisotopic (exact) mass is 265 g/mol. The smallest absolute Gasteiger partial charge is 0.165 e. The number of nitrogens with two attached hydrogens (primary N) is 1. The average molecular weight is 265 g/mol. The van der Waals surface area contributed by atoms with Crippen LogP contribution in [-0.2, 0) is 4.74 Å². The van der Waals surface area contributed by atoms with E-state index in [0.29, 0.717) is 23.4 Å². The summed E-state index contributed by atoms with van der Waals surface area (Å²) in [6.07, 6.45) is 2.93. The summed E-state index contributed by atoms with van der Waals surface area (Å²) in [5.41, 5.74) is 6.88. The molecule has 0 amide bonds. The van der Waals surface area contributed by atoms with Gasteiger partial charge in [-0.15, -0.1) is 0 Å². The molecule has 0 bridgehead atoms. The SMILES string of the molecule is Nc1ncnc2c1ncn2[C@@H]1C[C@H](CO)O[C@H]1CO. The molecule has 0 unspecified atom stereocenters. The number of fused-ring (bicyclic) bond motifs is 1. The fraction of sp³-hybridized carbons (Fsp3) is 0.545. The summed E-state index contributed by atoms with van der Waals surface area (Å²) >= 11 is 0. The summed E-state index contributed by atoms with van der Waals surface area (Å²) < 4.78 is 7.38. The zero-order valence-electron chi connectivity index (χ0n) is 10.2. The van der Waals surface area contributed by atoms with Crippen LogP contribution in [0.4, 0.5) is 5.82 Å².